The smallest absolute Gasteiger partial charge is 0.137 e. The van der Waals surface area contributed by atoms with E-state index in [2.05, 4.69) is 175 Å². The highest BCUT2D eigenvalue weighted by Crippen LogP contribution is 2.46. The van der Waals surface area contributed by atoms with E-state index in [0.29, 0.717) is 0 Å². The molecule has 2 nitrogen and oxygen atoms in total. The Kier molecular flexibility index (Phi) is 6.63. The van der Waals surface area contributed by atoms with Gasteiger partial charge in [-0.2, -0.15) is 0 Å². The summed E-state index contributed by atoms with van der Waals surface area (Å²) in [5.41, 5.74) is 9.95. The Morgan fingerprint density at radius 3 is 1.38 bits per heavy atom. The predicted molar refractivity (Wildman–Crippen MR) is 225 cm³/mol. The Morgan fingerprint density at radius 1 is 0.346 bits per heavy atom. The Bertz CT molecular complexity index is 2970. The van der Waals surface area contributed by atoms with Crippen LogP contribution in [-0.2, 0) is 0 Å². The lowest BCUT2D eigenvalue weighted by Crippen LogP contribution is -2.10. The maximum Gasteiger partial charge on any atom is 0.137 e. The summed E-state index contributed by atoms with van der Waals surface area (Å²) < 4.78 is 11.6. The SMILES string of the molecule is c1ccc2c(c1)oc1cccc(N(c3ccc(-c4cccc5sc6ccccc6c45)cc3)c3ccc(-c4cccc5sc6ccccc6c45)cc3)c12. The number of para-hydroxylation sites is 1. The van der Waals surface area contributed by atoms with Gasteiger partial charge < -0.3 is 9.32 Å². The average molecular weight is 700 g/mol. The fourth-order valence-electron chi connectivity index (χ4n) is 7.98. The summed E-state index contributed by atoms with van der Waals surface area (Å²) in [6.07, 6.45) is 0. The van der Waals surface area contributed by atoms with Gasteiger partial charge in [0.2, 0.25) is 0 Å². The van der Waals surface area contributed by atoms with Crippen molar-refractivity contribution in [1.82, 2.24) is 0 Å². The second-order valence-corrected chi connectivity index (χ2v) is 15.4. The minimum atomic E-state index is 0.879. The molecule has 0 aliphatic carbocycles. The van der Waals surface area contributed by atoms with Gasteiger partial charge in [-0.3, -0.25) is 0 Å². The van der Waals surface area contributed by atoms with Gasteiger partial charge in [-0.15, -0.1) is 22.7 Å². The van der Waals surface area contributed by atoms with Crippen LogP contribution in [0.5, 0.6) is 0 Å². The van der Waals surface area contributed by atoms with Crippen LogP contribution in [0.4, 0.5) is 17.1 Å². The summed E-state index contributed by atoms with van der Waals surface area (Å²) >= 11 is 3.72. The predicted octanol–water partition coefficient (Wildman–Crippen LogP) is 15.1. The monoisotopic (exact) mass is 699 g/mol. The van der Waals surface area contributed by atoms with E-state index in [1.807, 2.05) is 28.7 Å². The van der Waals surface area contributed by atoms with Crippen LogP contribution in [0.3, 0.4) is 0 Å². The Hall–Kier alpha value is -6.20. The first-order valence-corrected chi connectivity index (χ1v) is 19.1. The Labute approximate surface area is 308 Å². The number of nitrogens with zero attached hydrogens (tertiary/aromatic N) is 1. The van der Waals surface area contributed by atoms with E-state index in [-0.39, 0.29) is 0 Å². The van der Waals surface area contributed by atoms with Crippen molar-refractivity contribution in [2.45, 2.75) is 0 Å². The van der Waals surface area contributed by atoms with Crippen LogP contribution >= 0.6 is 22.7 Å². The van der Waals surface area contributed by atoms with Gasteiger partial charge in [0, 0.05) is 57.1 Å². The van der Waals surface area contributed by atoms with Gasteiger partial charge in [0.15, 0.2) is 0 Å². The lowest BCUT2D eigenvalue weighted by molar-refractivity contribution is 0.669. The molecule has 8 aromatic carbocycles. The number of hydrogen-bond acceptors (Lipinski definition) is 4. The van der Waals surface area contributed by atoms with E-state index >= 15 is 0 Å². The Morgan fingerprint density at radius 2 is 0.808 bits per heavy atom. The summed E-state index contributed by atoms with van der Waals surface area (Å²) in [6.45, 7) is 0. The number of thiophene rings is 2. The molecule has 0 aliphatic heterocycles. The molecule has 0 unspecified atom stereocenters. The van der Waals surface area contributed by atoms with E-state index in [1.54, 1.807) is 0 Å². The zero-order valence-electron chi connectivity index (χ0n) is 27.9. The van der Waals surface area contributed by atoms with Crippen molar-refractivity contribution in [2.75, 3.05) is 4.90 Å². The number of fused-ring (bicyclic) bond motifs is 9. The number of furan rings is 1. The van der Waals surface area contributed by atoms with Crippen molar-refractivity contribution < 1.29 is 4.42 Å². The molecule has 0 N–H and O–H groups in total. The van der Waals surface area contributed by atoms with Gasteiger partial charge in [0.25, 0.3) is 0 Å². The van der Waals surface area contributed by atoms with Gasteiger partial charge in [-0.25, -0.2) is 0 Å². The summed E-state index contributed by atoms with van der Waals surface area (Å²) in [5, 5.41) is 7.49. The van der Waals surface area contributed by atoms with Crippen molar-refractivity contribution >= 4 is 102 Å². The summed E-state index contributed by atoms with van der Waals surface area (Å²) in [6, 6.07) is 63.6. The molecule has 11 rings (SSSR count). The molecule has 244 valence electrons. The Balaban J connectivity index is 1.08. The van der Waals surface area contributed by atoms with E-state index in [4.69, 9.17) is 4.42 Å². The fourth-order valence-corrected chi connectivity index (χ4v) is 10.2. The van der Waals surface area contributed by atoms with Crippen molar-refractivity contribution in [3.05, 3.63) is 176 Å². The molecule has 3 heterocycles. The van der Waals surface area contributed by atoms with Gasteiger partial charge in [0.05, 0.1) is 11.1 Å². The van der Waals surface area contributed by atoms with Crippen molar-refractivity contribution in [3.8, 4) is 22.3 Å². The number of hydrogen-bond donors (Lipinski definition) is 0. The van der Waals surface area contributed by atoms with Gasteiger partial charge in [-0.1, -0.05) is 109 Å². The maximum atomic E-state index is 6.38. The molecule has 0 radical (unpaired) electrons. The second-order valence-electron chi connectivity index (χ2n) is 13.2. The highest BCUT2D eigenvalue weighted by atomic mass is 32.1. The molecule has 0 aliphatic rings. The van der Waals surface area contributed by atoms with Gasteiger partial charge in [-0.05, 0) is 89.0 Å². The first-order chi connectivity index (χ1) is 25.8. The van der Waals surface area contributed by atoms with Crippen LogP contribution in [0, 0.1) is 0 Å². The number of benzene rings is 8. The van der Waals surface area contributed by atoms with Gasteiger partial charge >= 0.3 is 0 Å². The maximum absolute atomic E-state index is 6.38. The van der Waals surface area contributed by atoms with E-state index < -0.39 is 0 Å². The lowest BCUT2D eigenvalue weighted by Gasteiger charge is -2.26. The van der Waals surface area contributed by atoms with Crippen LogP contribution in [0.2, 0.25) is 0 Å². The minimum Gasteiger partial charge on any atom is -0.456 e. The molecule has 0 amide bonds. The zero-order chi connectivity index (χ0) is 34.2. The second kappa shape index (κ2) is 11.7. The summed E-state index contributed by atoms with van der Waals surface area (Å²) in [4.78, 5) is 2.37. The molecular weight excluding hydrogens is 671 g/mol. The van der Waals surface area contributed by atoms with Crippen LogP contribution < -0.4 is 4.90 Å². The van der Waals surface area contributed by atoms with Crippen LogP contribution in [0.15, 0.2) is 180 Å². The molecule has 0 atom stereocenters. The van der Waals surface area contributed by atoms with Crippen LogP contribution in [-0.4, -0.2) is 0 Å². The molecule has 0 spiro atoms. The third-order valence-corrected chi connectivity index (χ3v) is 12.6. The topological polar surface area (TPSA) is 16.4 Å². The van der Waals surface area contributed by atoms with Crippen LogP contribution in [0.1, 0.15) is 0 Å². The average Bonchev–Trinajstić information content (AvgIpc) is 3.90. The molecule has 52 heavy (non-hydrogen) atoms. The van der Waals surface area contributed by atoms with E-state index in [1.165, 1.54) is 62.6 Å². The largest absolute Gasteiger partial charge is 0.456 e. The molecular formula is C48H29NOS2. The normalized spacial score (nSPS) is 11.8. The zero-order valence-corrected chi connectivity index (χ0v) is 29.5. The molecule has 11 aromatic rings. The first kappa shape index (κ1) is 29.5. The quantitative estimate of drug-likeness (QED) is 0.178. The van der Waals surface area contributed by atoms with Crippen molar-refractivity contribution in [1.29, 1.82) is 0 Å². The van der Waals surface area contributed by atoms with E-state index in [9.17, 15) is 0 Å². The van der Waals surface area contributed by atoms with E-state index in [0.717, 1.165) is 39.0 Å². The molecule has 3 aromatic heterocycles. The van der Waals surface area contributed by atoms with Crippen molar-refractivity contribution in [2.24, 2.45) is 0 Å². The summed E-state index contributed by atoms with van der Waals surface area (Å²) in [5.74, 6) is 0. The molecule has 4 heteroatoms. The highest BCUT2D eigenvalue weighted by molar-refractivity contribution is 7.26. The third-order valence-electron chi connectivity index (χ3n) is 10.3. The molecule has 0 bridgehead atoms. The van der Waals surface area contributed by atoms with Crippen molar-refractivity contribution in [3.63, 3.8) is 0 Å². The highest BCUT2D eigenvalue weighted by Gasteiger charge is 2.20. The molecule has 0 saturated heterocycles. The summed E-state index contributed by atoms with van der Waals surface area (Å²) in [7, 11) is 0. The molecule has 0 fully saturated rings. The third kappa shape index (κ3) is 4.55. The standard InChI is InChI=1S/C48H29NOS2/c1-4-16-40-36(10-1)48-39(15-9-17-41(48)50-40)49(32-26-22-30(23-27-32)34-13-7-20-44-46(34)37-11-2-5-18-42(37)51-44)33-28-24-31(25-29-33)35-14-8-21-45-47(35)38-12-3-6-19-43(38)52-45/h1-29H. The number of anilines is 3. The fraction of sp³-hybridized carbons (Fsp3) is 0. The minimum absolute atomic E-state index is 0.879. The van der Waals surface area contributed by atoms with Gasteiger partial charge in [0.1, 0.15) is 11.2 Å². The molecule has 0 saturated carbocycles. The number of rotatable bonds is 5. The first-order valence-electron chi connectivity index (χ1n) is 17.5. The lowest BCUT2D eigenvalue weighted by atomic mass is 9.98. The van der Waals surface area contributed by atoms with Crippen LogP contribution in [0.25, 0.3) is 84.5 Å².